The number of benzene rings is 3. The van der Waals surface area contributed by atoms with Crippen molar-refractivity contribution in [2.24, 2.45) is 0 Å². The molecule has 2 N–H and O–H groups in total. The van der Waals surface area contributed by atoms with Crippen molar-refractivity contribution in [2.75, 3.05) is 5.32 Å². The van der Waals surface area contributed by atoms with Gasteiger partial charge in [0.15, 0.2) is 0 Å². The zero-order valence-electron chi connectivity index (χ0n) is 19.1. The summed E-state index contributed by atoms with van der Waals surface area (Å²) in [4.78, 5) is 29.0. The van der Waals surface area contributed by atoms with Gasteiger partial charge in [-0.1, -0.05) is 84.0 Å². The van der Waals surface area contributed by atoms with E-state index in [1.54, 1.807) is 6.92 Å². The van der Waals surface area contributed by atoms with Gasteiger partial charge in [0.05, 0.1) is 32.8 Å². The fourth-order valence-electron chi connectivity index (χ4n) is 3.53. The number of carboxylic acids is 1. The number of anilines is 1. The van der Waals surface area contributed by atoms with Crippen LogP contribution in [0.3, 0.4) is 0 Å². The average molecular weight is 514 g/mol. The molecule has 0 aliphatic heterocycles. The molecule has 8 heteroatoms. The summed E-state index contributed by atoms with van der Waals surface area (Å²) >= 11 is 7.32. The Morgan fingerprint density at radius 1 is 1.00 bits per heavy atom. The van der Waals surface area contributed by atoms with E-state index in [1.165, 1.54) is 18.2 Å². The van der Waals surface area contributed by atoms with E-state index in [4.69, 9.17) is 16.6 Å². The summed E-state index contributed by atoms with van der Waals surface area (Å²) in [5.41, 5.74) is 3.73. The molecule has 1 heterocycles. The molecular formula is C28H20ClN3O3S. The van der Waals surface area contributed by atoms with Gasteiger partial charge in [-0.25, -0.2) is 9.78 Å². The maximum atomic E-state index is 13.0. The normalized spacial score (nSPS) is 11.4. The van der Waals surface area contributed by atoms with Crippen molar-refractivity contribution >= 4 is 40.9 Å². The van der Waals surface area contributed by atoms with Crippen molar-refractivity contribution in [3.8, 4) is 28.5 Å². The Morgan fingerprint density at radius 2 is 1.64 bits per heavy atom. The zero-order chi connectivity index (χ0) is 25.7. The molecule has 1 unspecified atom stereocenters. The van der Waals surface area contributed by atoms with E-state index in [0.717, 1.165) is 28.5 Å². The number of carboxylic acid groups (broad SMARTS) is 1. The molecule has 3 aromatic carbocycles. The number of aromatic nitrogens is 1. The van der Waals surface area contributed by atoms with Crippen LogP contribution in [0.1, 0.15) is 22.8 Å². The monoisotopic (exact) mass is 513 g/mol. The number of thioether (sulfide) groups is 1. The minimum atomic E-state index is -1.13. The second-order valence-corrected chi connectivity index (χ2v) is 9.56. The van der Waals surface area contributed by atoms with Gasteiger partial charge in [0.2, 0.25) is 5.91 Å². The third kappa shape index (κ3) is 5.57. The predicted molar refractivity (Wildman–Crippen MR) is 142 cm³/mol. The number of pyridine rings is 1. The molecule has 4 aromatic rings. The van der Waals surface area contributed by atoms with Crippen LogP contribution in [0.25, 0.3) is 22.4 Å². The zero-order valence-corrected chi connectivity index (χ0v) is 20.7. The van der Waals surface area contributed by atoms with E-state index in [0.29, 0.717) is 16.3 Å². The highest BCUT2D eigenvalue weighted by atomic mass is 35.5. The number of amides is 1. The number of hydrogen-bond donors (Lipinski definition) is 2. The second kappa shape index (κ2) is 11.1. The van der Waals surface area contributed by atoms with Crippen LogP contribution in [0.2, 0.25) is 5.02 Å². The third-order valence-corrected chi connectivity index (χ3v) is 6.80. The first kappa shape index (κ1) is 25.0. The number of rotatable bonds is 7. The van der Waals surface area contributed by atoms with E-state index in [1.807, 2.05) is 66.7 Å². The fourth-order valence-corrected chi connectivity index (χ4v) is 4.62. The Balaban J connectivity index is 1.70. The number of halogens is 1. The average Bonchev–Trinajstić information content (AvgIpc) is 2.90. The minimum absolute atomic E-state index is 0.00602. The number of nitrogens with one attached hydrogen (secondary N) is 1. The van der Waals surface area contributed by atoms with Gasteiger partial charge in [-0.15, -0.1) is 0 Å². The number of hydrogen-bond acceptors (Lipinski definition) is 5. The molecule has 0 spiro atoms. The maximum absolute atomic E-state index is 13.0. The maximum Gasteiger partial charge on any atom is 0.335 e. The first-order valence-corrected chi connectivity index (χ1v) is 12.2. The van der Waals surface area contributed by atoms with Gasteiger partial charge in [0.1, 0.15) is 11.1 Å². The minimum Gasteiger partial charge on any atom is -0.478 e. The summed E-state index contributed by atoms with van der Waals surface area (Å²) in [6.45, 7) is 1.69. The second-order valence-electron chi connectivity index (χ2n) is 7.83. The van der Waals surface area contributed by atoms with Gasteiger partial charge in [-0.05, 0) is 36.8 Å². The lowest BCUT2D eigenvalue weighted by Crippen LogP contribution is -2.23. The van der Waals surface area contributed by atoms with E-state index in [-0.39, 0.29) is 16.3 Å². The molecule has 0 radical (unpaired) electrons. The molecule has 0 bridgehead atoms. The topological polar surface area (TPSA) is 103 Å². The highest BCUT2D eigenvalue weighted by Gasteiger charge is 2.22. The predicted octanol–water partition coefficient (Wildman–Crippen LogP) is 6.76. The molecule has 0 saturated heterocycles. The fraction of sp³-hybridized carbons (Fsp3) is 0.0714. The Kier molecular flexibility index (Phi) is 7.69. The van der Waals surface area contributed by atoms with Crippen molar-refractivity contribution in [2.45, 2.75) is 17.2 Å². The Bertz CT molecular complexity index is 1470. The molecule has 0 aliphatic rings. The lowest BCUT2D eigenvalue weighted by Gasteiger charge is -2.16. The quantitative estimate of drug-likeness (QED) is 0.265. The molecule has 0 saturated carbocycles. The molecular weight excluding hydrogens is 494 g/mol. The summed E-state index contributed by atoms with van der Waals surface area (Å²) in [5, 5.41) is 22.0. The standard InChI is InChI=1S/C28H20ClN3O3S/c1-17(26(33)31-25-14-20(28(34)35)12-13-23(25)29)36-27-22(16-30)21(18-8-4-2-5-9-18)15-24(32-27)19-10-6-3-7-11-19/h2-15,17H,1H3,(H,31,33)(H,34,35). The number of nitrogens with zero attached hydrogens (tertiary/aromatic N) is 2. The first-order valence-electron chi connectivity index (χ1n) is 10.9. The Hall–Kier alpha value is -4.12. The summed E-state index contributed by atoms with van der Waals surface area (Å²) in [5.74, 6) is -1.53. The van der Waals surface area contributed by atoms with Crippen molar-refractivity contribution in [3.63, 3.8) is 0 Å². The van der Waals surface area contributed by atoms with Gasteiger partial charge < -0.3 is 10.4 Å². The number of carbonyl (C=O) groups is 2. The van der Waals surface area contributed by atoms with Gasteiger partial charge >= 0.3 is 5.97 Å². The number of aromatic carboxylic acids is 1. The van der Waals surface area contributed by atoms with Crippen molar-refractivity contribution in [3.05, 3.63) is 101 Å². The highest BCUT2D eigenvalue weighted by molar-refractivity contribution is 8.00. The van der Waals surface area contributed by atoms with Crippen molar-refractivity contribution in [1.82, 2.24) is 4.98 Å². The molecule has 4 rings (SSSR count). The third-order valence-electron chi connectivity index (χ3n) is 5.38. The smallest absolute Gasteiger partial charge is 0.335 e. The van der Waals surface area contributed by atoms with Crippen LogP contribution in [0.15, 0.2) is 90.0 Å². The van der Waals surface area contributed by atoms with Crippen LogP contribution >= 0.6 is 23.4 Å². The molecule has 6 nitrogen and oxygen atoms in total. The summed E-state index contributed by atoms with van der Waals surface area (Å²) in [7, 11) is 0. The lowest BCUT2D eigenvalue weighted by molar-refractivity contribution is -0.115. The summed E-state index contributed by atoms with van der Waals surface area (Å²) in [6, 6.07) is 27.4. The highest BCUT2D eigenvalue weighted by Crippen LogP contribution is 2.36. The molecule has 0 aliphatic carbocycles. The first-order chi connectivity index (χ1) is 17.4. The Labute approximate surface area is 217 Å². The van der Waals surface area contributed by atoms with Crippen LogP contribution < -0.4 is 5.32 Å². The SMILES string of the molecule is CC(Sc1nc(-c2ccccc2)cc(-c2ccccc2)c1C#N)C(=O)Nc1cc(C(=O)O)ccc1Cl. The molecule has 1 amide bonds. The van der Waals surface area contributed by atoms with Gasteiger partial charge in [-0.3, -0.25) is 4.79 Å². The van der Waals surface area contributed by atoms with Gasteiger partial charge in [-0.2, -0.15) is 5.26 Å². The molecule has 36 heavy (non-hydrogen) atoms. The molecule has 178 valence electrons. The van der Waals surface area contributed by atoms with E-state index < -0.39 is 17.1 Å². The van der Waals surface area contributed by atoms with E-state index >= 15 is 0 Å². The van der Waals surface area contributed by atoms with Crippen LogP contribution in [-0.4, -0.2) is 27.2 Å². The summed E-state index contributed by atoms with van der Waals surface area (Å²) < 4.78 is 0. The molecule has 0 fully saturated rings. The van der Waals surface area contributed by atoms with Crippen LogP contribution in [0.4, 0.5) is 5.69 Å². The molecule has 1 aromatic heterocycles. The number of carbonyl (C=O) groups excluding carboxylic acids is 1. The van der Waals surface area contributed by atoms with E-state index in [9.17, 15) is 20.0 Å². The van der Waals surface area contributed by atoms with Crippen molar-refractivity contribution in [1.29, 1.82) is 5.26 Å². The van der Waals surface area contributed by atoms with Gasteiger partial charge in [0, 0.05) is 11.1 Å². The summed E-state index contributed by atoms with van der Waals surface area (Å²) in [6.07, 6.45) is 0. The van der Waals surface area contributed by atoms with Gasteiger partial charge in [0.25, 0.3) is 0 Å². The van der Waals surface area contributed by atoms with Crippen LogP contribution in [-0.2, 0) is 4.79 Å². The molecule has 1 atom stereocenters. The largest absolute Gasteiger partial charge is 0.478 e. The van der Waals surface area contributed by atoms with Crippen LogP contribution in [0.5, 0.6) is 0 Å². The Morgan fingerprint density at radius 3 is 2.25 bits per heavy atom. The lowest BCUT2D eigenvalue weighted by atomic mass is 9.99. The van der Waals surface area contributed by atoms with Crippen molar-refractivity contribution < 1.29 is 14.7 Å². The number of nitriles is 1. The van der Waals surface area contributed by atoms with Crippen LogP contribution in [0, 0.1) is 11.3 Å². The van der Waals surface area contributed by atoms with E-state index in [2.05, 4.69) is 11.4 Å².